The van der Waals surface area contributed by atoms with Crippen molar-refractivity contribution in [3.8, 4) is 12.1 Å². The first kappa shape index (κ1) is 13.1. The summed E-state index contributed by atoms with van der Waals surface area (Å²) in [6.07, 6.45) is 1.27. The molecule has 1 aromatic carbocycles. The Labute approximate surface area is 114 Å². The van der Waals surface area contributed by atoms with Gasteiger partial charge in [0.25, 0.3) is 0 Å². The molecule has 0 bridgehead atoms. The molecule has 0 amide bonds. The number of benzene rings is 1. The Morgan fingerprint density at radius 2 is 2.20 bits per heavy atom. The third-order valence-corrected chi connectivity index (χ3v) is 2.58. The van der Waals surface area contributed by atoms with Gasteiger partial charge in [-0.05, 0) is 12.1 Å². The molecule has 0 fully saturated rings. The lowest BCUT2D eigenvalue weighted by Crippen LogP contribution is -2.03. The van der Waals surface area contributed by atoms with Crippen LogP contribution < -0.4 is 5.32 Å². The molecular weight excluding hydrogens is 258 g/mol. The number of esters is 1. The van der Waals surface area contributed by atoms with E-state index in [9.17, 15) is 4.79 Å². The molecule has 98 valence electrons. The highest BCUT2D eigenvalue weighted by Gasteiger charge is 2.17. The summed E-state index contributed by atoms with van der Waals surface area (Å²) in [5, 5.41) is 27.3. The van der Waals surface area contributed by atoms with Gasteiger partial charge in [-0.2, -0.15) is 15.6 Å². The predicted octanol–water partition coefficient (Wildman–Crippen LogP) is 1.69. The van der Waals surface area contributed by atoms with Crippen LogP contribution in [0.5, 0.6) is 0 Å². The number of carbonyl (C=O) groups is 1. The Morgan fingerprint density at radius 3 is 2.85 bits per heavy atom. The van der Waals surface area contributed by atoms with Gasteiger partial charge in [-0.3, -0.25) is 5.10 Å². The number of nitriles is 2. The molecule has 0 saturated heterocycles. The molecule has 0 spiro atoms. The molecule has 0 unspecified atom stereocenters. The maximum Gasteiger partial charge on any atom is 0.359 e. The summed E-state index contributed by atoms with van der Waals surface area (Å²) in [5.41, 5.74) is 1.23. The molecule has 20 heavy (non-hydrogen) atoms. The Kier molecular flexibility index (Phi) is 3.64. The quantitative estimate of drug-likeness (QED) is 0.646. The number of H-pyrrole nitrogens is 1. The third kappa shape index (κ3) is 2.28. The van der Waals surface area contributed by atoms with E-state index in [4.69, 9.17) is 10.5 Å². The van der Waals surface area contributed by atoms with E-state index < -0.39 is 5.97 Å². The van der Waals surface area contributed by atoms with Crippen molar-refractivity contribution in [1.82, 2.24) is 10.2 Å². The standard InChI is InChI=1S/C13H9N5O2/c1-20-13(19)12-11-9(16-7-8(5-14)6-15)3-2-4-10(11)17-18-12/h2-4,7,16H,1H3,(H,17,18). The number of ether oxygens (including phenoxy) is 1. The molecule has 0 aliphatic carbocycles. The summed E-state index contributed by atoms with van der Waals surface area (Å²) in [5.74, 6) is -0.574. The summed E-state index contributed by atoms with van der Waals surface area (Å²) in [6.45, 7) is 0. The maximum atomic E-state index is 11.6. The van der Waals surface area contributed by atoms with Gasteiger partial charge in [0.2, 0.25) is 0 Å². The predicted molar refractivity (Wildman–Crippen MR) is 70.4 cm³/mol. The average Bonchev–Trinajstić information content (AvgIpc) is 2.92. The molecular formula is C13H9N5O2. The first-order chi connectivity index (χ1) is 9.71. The zero-order chi connectivity index (χ0) is 14.5. The van der Waals surface area contributed by atoms with Crippen molar-refractivity contribution in [2.75, 3.05) is 12.4 Å². The van der Waals surface area contributed by atoms with Crippen molar-refractivity contribution in [3.63, 3.8) is 0 Å². The van der Waals surface area contributed by atoms with Gasteiger partial charge in [0, 0.05) is 6.20 Å². The number of hydrogen-bond acceptors (Lipinski definition) is 6. The summed E-state index contributed by atoms with van der Waals surface area (Å²) in [7, 11) is 1.27. The van der Waals surface area contributed by atoms with Crippen LogP contribution in [-0.4, -0.2) is 23.3 Å². The van der Waals surface area contributed by atoms with E-state index in [-0.39, 0.29) is 11.3 Å². The number of hydrogen-bond donors (Lipinski definition) is 2. The van der Waals surface area contributed by atoms with Gasteiger partial charge in [0.15, 0.2) is 5.69 Å². The lowest BCUT2D eigenvalue weighted by Gasteiger charge is -2.03. The Balaban J connectivity index is 2.52. The normalized spacial score (nSPS) is 9.35. The van der Waals surface area contributed by atoms with Crippen LogP contribution in [0.25, 0.3) is 10.9 Å². The fraction of sp³-hybridized carbons (Fsp3) is 0.0769. The molecule has 7 heteroatoms. The third-order valence-electron chi connectivity index (χ3n) is 2.58. The van der Waals surface area contributed by atoms with E-state index in [1.165, 1.54) is 13.3 Å². The van der Waals surface area contributed by atoms with Crippen molar-refractivity contribution < 1.29 is 9.53 Å². The number of rotatable bonds is 3. The van der Waals surface area contributed by atoms with Crippen LogP contribution in [0.2, 0.25) is 0 Å². The summed E-state index contributed by atoms with van der Waals surface area (Å²) in [6, 6.07) is 8.67. The van der Waals surface area contributed by atoms with Gasteiger partial charge >= 0.3 is 5.97 Å². The maximum absolute atomic E-state index is 11.6. The number of nitrogens with one attached hydrogen (secondary N) is 2. The fourth-order valence-electron chi connectivity index (χ4n) is 1.68. The monoisotopic (exact) mass is 267 g/mol. The van der Waals surface area contributed by atoms with Gasteiger partial charge in [0.05, 0.1) is 23.7 Å². The zero-order valence-corrected chi connectivity index (χ0v) is 10.5. The molecule has 2 aromatic rings. The van der Waals surface area contributed by atoms with E-state index in [1.807, 2.05) is 0 Å². The number of anilines is 1. The highest BCUT2D eigenvalue weighted by molar-refractivity contribution is 6.07. The molecule has 2 N–H and O–H groups in total. The van der Waals surface area contributed by atoms with Crippen molar-refractivity contribution in [1.29, 1.82) is 10.5 Å². The summed E-state index contributed by atoms with van der Waals surface area (Å²) < 4.78 is 4.66. The van der Waals surface area contributed by atoms with Crippen molar-refractivity contribution >= 4 is 22.6 Å². The number of nitrogens with zero attached hydrogens (tertiary/aromatic N) is 3. The minimum absolute atomic E-state index is 0.0786. The second kappa shape index (κ2) is 5.55. The Bertz CT molecular complexity index is 760. The van der Waals surface area contributed by atoms with Gasteiger partial charge in [-0.25, -0.2) is 4.79 Å². The van der Waals surface area contributed by atoms with Gasteiger partial charge in [0.1, 0.15) is 17.7 Å². The number of aromatic amines is 1. The van der Waals surface area contributed by atoms with E-state index in [0.717, 1.165) is 0 Å². The molecule has 2 rings (SSSR count). The van der Waals surface area contributed by atoms with Crippen LogP contribution in [-0.2, 0) is 4.74 Å². The van der Waals surface area contributed by atoms with Crippen LogP contribution in [0, 0.1) is 22.7 Å². The number of methoxy groups -OCH3 is 1. The van der Waals surface area contributed by atoms with Crippen LogP contribution in [0.3, 0.4) is 0 Å². The second-order valence-electron chi connectivity index (χ2n) is 3.72. The van der Waals surface area contributed by atoms with Crippen LogP contribution >= 0.6 is 0 Å². The van der Waals surface area contributed by atoms with Gasteiger partial charge < -0.3 is 10.1 Å². The minimum atomic E-state index is -0.574. The lowest BCUT2D eigenvalue weighted by molar-refractivity contribution is 0.0596. The zero-order valence-electron chi connectivity index (χ0n) is 10.5. The molecule has 0 atom stereocenters. The summed E-state index contributed by atoms with van der Waals surface area (Å²) >= 11 is 0. The molecule has 0 aliphatic heterocycles. The number of carbonyl (C=O) groups excluding carboxylic acids is 1. The average molecular weight is 267 g/mol. The number of fused-ring (bicyclic) bond motifs is 1. The van der Waals surface area contributed by atoms with E-state index in [0.29, 0.717) is 16.6 Å². The van der Waals surface area contributed by atoms with Crippen LogP contribution in [0.4, 0.5) is 5.69 Å². The largest absolute Gasteiger partial charge is 0.464 e. The minimum Gasteiger partial charge on any atom is -0.464 e. The highest BCUT2D eigenvalue weighted by atomic mass is 16.5. The first-order valence-electron chi connectivity index (χ1n) is 5.53. The lowest BCUT2D eigenvalue weighted by atomic mass is 10.1. The molecule has 7 nitrogen and oxygen atoms in total. The van der Waals surface area contributed by atoms with Crippen LogP contribution in [0.1, 0.15) is 10.5 Å². The highest BCUT2D eigenvalue weighted by Crippen LogP contribution is 2.25. The Morgan fingerprint density at radius 1 is 1.45 bits per heavy atom. The van der Waals surface area contributed by atoms with E-state index >= 15 is 0 Å². The summed E-state index contributed by atoms with van der Waals surface area (Å²) in [4.78, 5) is 11.6. The SMILES string of the molecule is COC(=O)c1n[nH]c2cccc(NC=C(C#N)C#N)c12. The van der Waals surface area contributed by atoms with E-state index in [2.05, 4.69) is 20.3 Å². The van der Waals surface area contributed by atoms with E-state index in [1.54, 1.807) is 30.3 Å². The molecule has 1 aromatic heterocycles. The van der Waals surface area contributed by atoms with Crippen molar-refractivity contribution in [3.05, 3.63) is 35.7 Å². The fourth-order valence-corrected chi connectivity index (χ4v) is 1.68. The molecule has 1 heterocycles. The topological polar surface area (TPSA) is 115 Å². The molecule has 0 radical (unpaired) electrons. The molecule has 0 saturated carbocycles. The van der Waals surface area contributed by atoms with Crippen molar-refractivity contribution in [2.24, 2.45) is 0 Å². The van der Waals surface area contributed by atoms with Crippen molar-refractivity contribution in [2.45, 2.75) is 0 Å². The first-order valence-corrected chi connectivity index (χ1v) is 5.53. The smallest absolute Gasteiger partial charge is 0.359 e. The van der Waals surface area contributed by atoms with Crippen LogP contribution in [0.15, 0.2) is 30.0 Å². The second-order valence-corrected chi connectivity index (χ2v) is 3.72. The Hall–Kier alpha value is -3.32. The van der Waals surface area contributed by atoms with Gasteiger partial charge in [-0.15, -0.1) is 0 Å². The molecule has 0 aliphatic rings. The number of allylic oxidation sites excluding steroid dienone is 1. The number of aromatic nitrogens is 2. The van der Waals surface area contributed by atoms with Gasteiger partial charge in [-0.1, -0.05) is 6.07 Å².